The molecule has 0 aromatic heterocycles. The van der Waals surface area contributed by atoms with Gasteiger partial charge in [0.25, 0.3) is 0 Å². The van der Waals surface area contributed by atoms with Crippen LogP contribution in [0, 0.1) is 0 Å². The van der Waals surface area contributed by atoms with Crippen LogP contribution in [-0.2, 0) is 6.54 Å². The number of ether oxygens (including phenoxy) is 2. The van der Waals surface area contributed by atoms with Crippen molar-refractivity contribution < 1.29 is 9.47 Å². The van der Waals surface area contributed by atoms with Crippen LogP contribution in [-0.4, -0.2) is 13.7 Å². The van der Waals surface area contributed by atoms with E-state index < -0.39 is 0 Å². The zero-order valence-electron chi connectivity index (χ0n) is 12.4. The second-order valence-corrected chi connectivity index (χ2v) is 5.60. The van der Waals surface area contributed by atoms with Gasteiger partial charge in [-0.05, 0) is 48.9 Å². The lowest BCUT2D eigenvalue weighted by molar-refractivity contribution is 0.314. The summed E-state index contributed by atoms with van der Waals surface area (Å²) >= 11 is 3.51. The van der Waals surface area contributed by atoms with Crippen molar-refractivity contribution in [1.82, 2.24) is 0 Å². The molecule has 0 amide bonds. The van der Waals surface area contributed by atoms with Gasteiger partial charge in [0, 0.05) is 22.3 Å². The Labute approximate surface area is 134 Å². The summed E-state index contributed by atoms with van der Waals surface area (Å²) in [5.41, 5.74) is 2.19. The minimum Gasteiger partial charge on any atom is -0.497 e. The molecule has 2 rings (SSSR count). The molecule has 0 fully saturated rings. The molecule has 0 aliphatic rings. The van der Waals surface area contributed by atoms with Crippen LogP contribution < -0.4 is 14.8 Å². The standard InChI is InChI=1S/C17H20BrNO2/c1-3-10-21-17-9-4-14(18)11-13(17)12-19-15-5-7-16(20-2)8-6-15/h4-9,11,19H,3,10,12H2,1-2H3. The van der Waals surface area contributed by atoms with Crippen molar-refractivity contribution in [2.24, 2.45) is 0 Å². The van der Waals surface area contributed by atoms with Gasteiger partial charge in [0.15, 0.2) is 0 Å². The molecule has 0 bridgehead atoms. The normalized spacial score (nSPS) is 10.2. The van der Waals surface area contributed by atoms with Crippen LogP contribution in [0.4, 0.5) is 5.69 Å². The molecule has 1 N–H and O–H groups in total. The highest BCUT2D eigenvalue weighted by molar-refractivity contribution is 9.10. The lowest BCUT2D eigenvalue weighted by Gasteiger charge is -2.13. The van der Waals surface area contributed by atoms with Crippen molar-refractivity contribution >= 4 is 21.6 Å². The van der Waals surface area contributed by atoms with E-state index in [1.54, 1.807) is 7.11 Å². The molecule has 3 nitrogen and oxygen atoms in total. The van der Waals surface area contributed by atoms with Crippen molar-refractivity contribution in [3.63, 3.8) is 0 Å². The summed E-state index contributed by atoms with van der Waals surface area (Å²) in [6.45, 7) is 3.55. The predicted molar refractivity (Wildman–Crippen MR) is 90.2 cm³/mol. The molecule has 0 aliphatic carbocycles. The first-order valence-electron chi connectivity index (χ1n) is 7.02. The van der Waals surface area contributed by atoms with E-state index in [9.17, 15) is 0 Å². The van der Waals surface area contributed by atoms with Gasteiger partial charge in [-0.15, -0.1) is 0 Å². The van der Waals surface area contributed by atoms with Gasteiger partial charge < -0.3 is 14.8 Å². The van der Waals surface area contributed by atoms with Crippen molar-refractivity contribution in [3.05, 3.63) is 52.5 Å². The number of methoxy groups -OCH3 is 1. The number of hydrogen-bond acceptors (Lipinski definition) is 3. The molecule has 0 atom stereocenters. The summed E-state index contributed by atoms with van der Waals surface area (Å²) in [5.74, 6) is 1.79. The highest BCUT2D eigenvalue weighted by Gasteiger charge is 2.05. The molecule has 112 valence electrons. The van der Waals surface area contributed by atoms with E-state index in [4.69, 9.17) is 9.47 Å². The Kier molecular flexibility index (Phi) is 5.93. The Morgan fingerprint density at radius 1 is 1.10 bits per heavy atom. The van der Waals surface area contributed by atoms with Crippen molar-refractivity contribution in [2.45, 2.75) is 19.9 Å². The Balaban J connectivity index is 2.05. The molecule has 2 aromatic rings. The van der Waals surface area contributed by atoms with Crippen molar-refractivity contribution in [2.75, 3.05) is 19.0 Å². The summed E-state index contributed by atoms with van der Waals surface area (Å²) in [5, 5.41) is 3.40. The number of anilines is 1. The topological polar surface area (TPSA) is 30.5 Å². The summed E-state index contributed by atoms with van der Waals surface area (Å²) in [7, 11) is 1.67. The predicted octanol–water partition coefficient (Wildman–Crippen LogP) is 4.86. The van der Waals surface area contributed by atoms with E-state index in [0.717, 1.165) is 40.3 Å². The number of nitrogens with one attached hydrogen (secondary N) is 1. The fourth-order valence-corrected chi connectivity index (χ4v) is 2.35. The second kappa shape index (κ2) is 7.93. The molecule has 0 radical (unpaired) electrons. The summed E-state index contributed by atoms with van der Waals surface area (Å²) in [6, 6.07) is 14.0. The smallest absolute Gasteiger partial charge is 0.124 e. The lowest BCUT2D eigenvalue weighted by Crippen LogP contribution is -2.04. The molecule has 0 heterocycles. The molecule has 0 aliphatic heterocycles. The van der Waals surface area contributed by atoms with Crippen LogP contribution in [0.25, 0.3) is 0 Å². The minimum atomic E-state index is 0.713. The lowest BCUT2D eigenvalue weighted by atomic mass is 10.2. The number of halogens is 1. The molecular formula is C17H20BrNO2. The Bertz CT molecular complexity index is 570. The first-order valence-corrected chi connectivity index (χ1v) is 7.81. The first kappa shape index (κ1) is 15.7. The molecular weight excluding hydrogens is 330 g/mol. The van der Waals surface area contributed by atoms with Crippen molar-refractivity contribution in [3.8, 4) is 11.5 Å². The maximum absolute atomic E-state index is 5.79. The fraction of sp³-hybridized carbons (Fsp3) is 0.294. The van der Waals surface area contributed by atoms with E-state index in [1.165, 1.54) is 0 Å². The summed E-state index contributed by atoms with van der Waals surface area (Å²) in [6.07, 6.45) is 1.00. The highest BCUT2D eigenvalue weighted by Crippen LogP contribution is 2.25. The van der Waals surface area contributed by atoms with E-state index >= 15 is 0 Å². The van der Waals surface area contributed by atoms with Gasteiger partial charge in [-0.2, -0.15) is 0 Å². The number of hydrogen-bond donors (Lipinski definition) is 1. The second-order valence-electron chi connectivity index (χ2n) is 4.68. The molecule has 0 saturated carbocycles. The van der Waals surface area contributed by atoms with Crippen LogP contribution in [0.5, 0.6) is 11.5 Å². The van der Waals surface area contributed by atoms with Gasteiger partial charge in [0.2, 0.25) is 0 Å². The molecule has 0 saturated heterocycles. The van der Waals surface area contributed by atoms with Crippen LogP contribution in [0.1, 0.15) is 18.9 Å². The summed E-state index contributed by atoms with van der Waals surface area (Å²) in [4.78, 5) is 0. The third kappa shape index (κ3) is 4.67. The summed E-state index contributed by atoms with van der Waals surface area (Å²) < 4.78 is 12.0. The quantitative estimate of drug-likeness (QED) is 0.774. The molecule has 21 heavy (non-hydrogen) atoms. The zero-order chi connectivity index (χ0) is 15.1. The van der Waals surface area contributed by atoms with Crippen LogP contribution >= 0.6 is 15.9 Å². The molecule has 4 heteroatoms. The van der Waals surface area contributed by atoms with E-state index in [2.05, 4.69) is 34.2 Å². The largest absolute Gasteiger partial charge is 0.497 e. The highest BCUT2D eigenvalue weighted by atomic mass is 79.9. The van der Waals surface area contributed by atoms with Crippen LogP contribution in [0.2, 0.25) is 0 Å². The van der Waals surface area contributed by atoms with Gasteiger partial charge >= 0.3 is 0 Å². The monoisotopic (exact) mass is 349 g/mol. The zero-order valence-corrected chi connectivity index (χ0v) is 13.9. The van der Waals surface area contributed by atoms with Gasteiger partial charge in [0.1, 0.15) is 11.5 Å². The van der Waals surface area contributed by atoms with Crippen LogP contribution in [0.3, 0.4) is 0 Å². The maximum Gasteiger partial charge on any atom is 0.124 e. The minimum absolute atomic E-state index is 0.713. The Hall–Kier alpha value is -1.68. The Morgan fingerprint density at radius 3 is 2.52 bits per heavy atom. The van der Waals surface area contributed by atoms with Gasteiger partial charge in [-0.3, -0.25) is 0 Å². The maximum atomic E-state index is 5.79. The van der Waals surface area contributed by atoms with Crippen molar-refractivity contribution in [1.29, 1.82) is 0 Å². The van der Waals surface area contributed by atoms with Gasteiger partial charge in [0.05, 0.1) is 13.7 Å². The average Bonchev–Trinajstić information content (AvgIpc) is 2.52. The molecule has 0 spiro atoms. The van der Waals surface area contributed by atoms with Gasteiger partial charge in [-0.25, -0.2) is 0 Å². The third-order valence-electron chi connectivity index (χ3n) is 3.06. The number of rotatable bonds is 7. The first-order chi connectivity index (χ1) is 10.2. The third-order valence-corrected chi connectivity index (χ3v) is 3.55. The van der Waals surface area contributed by atoms with Gasteiger partial charge in [-0.1, -0.05) is 22.9 Å². The van der Waals surface area contributed by atoms with E-state index in [0.29, 0.717) is 6.54 Å². The number of benzene rings is 2. The molecule has 2 aromatic carbocycles. The molecule has 0 unspecified atom stereocenters. The van der Waals surface area contributed by atoms with Crippen LogP contribution in [0.15, 0.2) is 46.9 Å². The van der Waals surface area contributed by atoms with E-state index in [-0.39, 0.29) is 0 Å². The Morgan fingerprint density at radius 2 is 1.86 bits per heavy atom. The van der Waals surface area contributed by atoms with E-state index in [1.807, 2.05) is 36.4 Å². The average molecular weight is 350 g/mol. The SMILES string of the molecule is CCCOc1ccc(Br)cc1CNc1ccc(OC)cc1. The fourth-order valence-electron chi connectivity index (χ4n) is 1.95.